The fraction of sp³-hybridized carbons (Fsp3) is 0.276. The third-order valence-electron chi connectivity index (χ3n) is 6.88. The molecule has 3 aromatic rings. The van der Waals surface area contributed by atoms with Gasteiger partial charge in [-0.15, -0.1) is 0 Å². The predicted octanol–water partition coefficient (Wildman–Crippen LogP) is 5.02. The molecule has 2 aliphatic rings. The van der Waals surface area contributed by atoms with Crippen LogP contribution in [0.3, 0.4) is 0 Å². The Balaban J connectivity index is 1.43. The van der Waals surface area contributed by atoms with Crippen LogP contribution in [0.15, 0.2) is 78.8 Å². The summed E-state index contributed by atoms with van der Waals surface area (Å²) in [5, 5.41) is 3.27. The van der Waals surface area contributed by atoms with Crippen molar-refractivity contribution in [2.45, 2.75) is 33.2 Å². The average Bonchev–Trinajstić information content (AvgIpc) is 3.10. The molecule has 2 aliphatic heterocycles. The molecule has 1 saturated heterocycles. The summed E-state index contributed by atoms with van der Waals surface area (Å²) in [5.41, 5.74) is 5.36. The number of imide groups is 1. The molecule has 2 amide bonds. The van der Waals surface area contributed by atoms with Crippen LogP contribution in [0.4, 0.5) is 11.4 Å². The van der Waals surface area contributed by atoms with Gasteiger partial charge in [0.2, 0.25) is 0 Å². The standard InChI is InChI=1S/C29H30N4O2/c1-20-3-5-23(6-4-20)26-27(29(35)33(28(26)34)19-22-11-15-30-16-12-22)31-24-7-9-25(10-8-24)32-17-13-21(2)14-18-32/h3-12,15-16,21,31H,13-14,17-19H2,1-2H3. The van der Waals surface area contributed by atoms with Crippen LogP contribution in [-0.4, -0.2) is 34.8 Å². The van der Waals surface area contributed by atoms with E-state index in [9.17, 15) is 9.59 Å². The van der Waals surface area contributed by atoms with Crippen LogP contribution in [0.5, 0.6) is 0 Å². The molecule has 0 unspecified atom stereocenters. The summed E-state index contributed by atoms with van der Waals surface area (Å²) in [6.07, 6.45) is 5.74. The molecule has 6 nitrogen and oxygen atoms in total. The Morgan fingerprint density at radius 3 is 2.20 bits per heavy atom. The van der Waals surface area contributed by atoms with Gasteiger partial charge in [-0.05, 0) is 73.2 Å². The van der Waals surface area contributed by atoms with Gasteiger partial charge in [0.15, 0.2) is 0 Å². The van der Waals surface area contributed by atoms with Gasteiger partial charge in [0, 0.05) is 36.9 Å². The van der Waals surface area contributed by atoms with Gasteiger partial charge in [-0.25, -0.2) is 0 Å². The summed E-state index contributed by atoms with van der Waals surface area (Å²) in [5.74, 6) is 0.161. The van der Waals surface area contributed by atoms with E-state index in [-0.39, 0.29) is 18.4 Å². The van der Waals surface area contributed by atoms with E-state index < -0.39 is 0 Å². The Bertz CT molecular complexity index is 1240. The van der Waals surface area contributed by atoms with Gasteiger partial charge in [-0.1, -0.05) is 36.8 Å². The lowest BCUT2D eigenvalue weighted by molar-refractivity contribution is -0.137. The highest BCUT2D eigenvalue weighted by Gasteiger charge is 2.39. The molecule has 1 N–H and O–H groups in total. The van der Waals surface area contributed by atoms with Crippen molar-refractivity contribution in [1.82, 2.24) is 9.88 Å². The average molecular weight is 467 g/mol. The number of amides is 2. The smallest absolute Gasteiger partial charge is 0.278 e. The van der Waals surface area contributed by atoms with Crippen molar-refractivity contribution in [2.75, 3.05) is 23.3 Å². The molecule has 0 spiro atoms. The van der Waals surface area contributed by atoms with Crippen LogP contribution >= 0.6 is 0 Å². The second-order valence-electron chi connectivity index (χ2n) is 9.51. The topological polar surface area (TPSA) is 65.5 Å². The molecule has 6 heteroatoms. The van der Waals surface area contributed by atoms with Gasteiger partial charge in [-0.2, -0.15) is 0 Å². The maximum Gasteiger partial charge on any atom is 0.278 e. The van der Waals surface area contributed by atoms with Crippen LogP contribution in [-0.2, 0) is 16.1 Å². The number of aromatic nitrogens is 1. The summed E-state index contributed by atoms with van der Waals surface area (Å²) < 4.78 is 0. The SMILES string of the molecule is Cc1ccc(C2=C(Nc3ccc(N4CCC(C)CC4)cc3)C(=O)N(Cc3ccncc3)C2=O)cc1. The second kappa shape index (κ2) is 9.74. The maximum atomic E-state index is 13.5. The van der Waals surface area contributed by atoms with Crippen molar-refractivity contribution in [3.05, 3.63) is 95.4 Å². The number of anilines is 2. The molecule has 1 fully saturated rings. The number of hydrogen-bond acceptors (Lipinski definition) is 5. The molecule has 2 aromatic carbocycles. The number of piperidine rings is 1. The predicted molar refractivity (Wildman–Crippen MR) is 139 cm³/mol. The minimum Gasteiger partial charge on any atom is -0.372 e. The molecule has 0 atom stereocenters. The van der Waals surface area contributed by atoms with Crippen LogP contribution in [0.2, 0.25) is 0 Å². The zero-order valence-corrected chi connectivity index (χ0v) is 20.2. The Kier molecular flexibility index (Phi) is 6.36. The fourth-order valence-electron chi connectivity index (χ4n) is 4.66. The van der Waals surface area contributed by atoms with E-state index in [1.165, 1.54) is 23.4 Å². The van der Waals surface area contributed by atoms with E-state index >= 15 is 0 Å². The third kappa shape index (κ3) is 4.83. The summed E-state index contributed by atoms with van der Waals surface area (Å²) in [4.78, 5) is 34.7. The van der Waals surface area contributed by atoms with Gasteiger partial charge >= 0.3 is 0 Å². The zero-order valence-electron chi connectivity index (χ0n) is 20.2. The number of carbonyl (C=O) groups excluding carboxylic acids is 2. The highest BCUT2D eigenvalue weighted by atomic mass is 16.2. The normalized spacial score (nSPS) is 16.9. The van der Waals surface area contributed by atoms with Gasteiger partial charge in [-0.3, -0.25) is 19.5 Å². The number of nitrogens with zero attached hydrogens (tertiary/aromatic N) is 3. The largest absolute Gasteiger partial charge is 0.372 e. The van der Waals surface area contributed by atoms with E-state index in [1.807, 2.05) is 55.5 Å². The molecule has 0 bridgehead atoms. The first-order chi connectivity index (χ1) is 17.0. The van der Waals surface area contributed by atoms with Crippen molar-refractivity contribution in [2.24, 2.45) is 5.92 Å². The van der Waals surface area contributed by atoms with Gasteiger partial charge < -0.3 is 10.2 Å². The molecular weight excluding hydrogens is 436 g/mol. The summed E-state index contributed by atoms with van der Waals surface area (Å²) in [6, 6.07) is 19.5. The molecule has 0 saturated carbocycles. The first-order valence-corrected chi connectivity index (χ1v) is 12.2. The maximum absolute atomic E-state index is 13.5. The first-order valence-electron chi connectivity index (χ1n) is 12.2. The molecule has 3 heterocycles. The van der Waals surface area contributed by atoms with Crippen LogP contribution in [0, 0.1) is 12.8 Å². The van der Waals surface area contributed by atoms with E-state index in [0.29, 0.717) is 11.3 Å². The molecule has 5 rings (SSSR count). The van der Waals surface area contributed by atoms with Crippen LogP contribution in [0.1, 0.15) is 36.5 Å². The Hall–Kier alpha value is -3.93. The fourth-order valence-corrected chi connectivity index (χ4v) is 4.66. The summed E-state index contributed by atoms with van der Waals surface area (Å²) >= 11 is 0. The Morgan fingerprint density at radius 2 is 1.54 bits per heavy atom. The Labute approximate surface area is 206 Å². The lowest BCUT2D eigenvalue weighted by Gasteiger charge is -2.32. The van der Waals surface area contributed by atoms with E-state index in [2.05, 4.69) is 34.3 Å². The monoisotopic (exact) mass is 466 g/mol. The second-order valence-corrected chi connectivity index (χ2v) is 9.51. The van der Waals surface area contributed by atoms with Crippen molar-refractivity contribution in [1.29, 1.82) is 0 Å². The number of aryl methyl sites for hydroxylation is 1. The van der Waals surface area contributed by atoms with Gasteiger partial charge in [0.05, 0.1) is 12.1 Å². The van der Waals surface area contributed by atoms with Crippen molar-refractivity contribution < 1.29 is 9.59 Å². The number of hydrogen-bond donors (Lipinski definition) is 1. The third-order valence-corrected chi connectivity index (χ3v) is 6.88. The minimum absolute atomic E-state index is 0.201. The zero-order chi connectivity index (χ0) is 24.4. The summed E-state index contributed by atoms with van der Waals surface area (Å²) in [6.45, 7) is 6.63. The lowest BCUT2D eigenvalue weighted by atomic mass is 9.99. The van der Waals surface area contributed by atoms with Crippen LogP contribution < -0.4 is 10.2 Å². The molecule has 0 aliphatic carbocycles. The van der Waals surface area contributed by atoms with E-state index in [0.717, 1.165) is 41.4 Å². The highest BCUT2D eigenvalue weighted by Crippen LogP contribution is 2.32. The molecule has 35 heavy (non-hydrogen) atoms. The molecule has 1 aromatic heterocycles. The van der Waals surface area contributed by atoms with E-state index in [1.54, 1.807) is 12.4 Å². The minimum atomic E-state index is -0.323. The van der Waals surface area contributed by atoms with Crippen molar-refractivity contribution >= 4 is 28.8 Å². The highest BCUT2D eigenvalue weighted by molar-refractivity contribution is 6.36. The molecular formula is C29H30N4O2. The number of rotatable bonds is 6. The number of nitrogens with one attached hydrogen (secondary N) is 1. The van der Waals surface area contributed by atoms with E-state index in [4.69, 9.17) is 0 Å². The van der Waals surface area contributed by atoms with Crippen LogP contribution in [0.25, 0.3) is 5.57 Å². The quantitative estimate of drug-likeness (QED) is 0.517. The van der Waals surface area contributed by atoms with Crippen molar-refractivity contribution in [3.8, 4) is 0 Å². The first kappa shape index (κ1) is 22.8. The Morgan fingerprint density at radius 1 is 0.886 bits per heavy atom. The van der Waals surface area contributed by atoms with Gasteiger partial charge in [0.25, 0.3) is 11.8 Å². The number of benzene rings is 2. The molecule has 0 radical (unpaired) electrons. The number of pyridine rings is 1. The van der Waals surface area contributed by atoms with Crippen molar-refractivity contribution in [3.63, 3.8) is 0 Å². The summed E-state index contributed by atoms with van der Waals surface area (Å²) in [7, 11) is 0. The molecule has 178 valence electrons. The van der Waals surface area contributed by atoms with Gasteiger partial charge in [0.1, 0.15) is 5.70 Å². The lowest BCUT2D eigenvalue weighted by Crippen LogP contribution is -2.32. The number of carbonyl (C=O) groups is 2.